The molecule has 5 heteroatoms. The van der Waals surface area contributed by atoms with Gasteiger partial charge in [-0.1, -0.05) is 29.8 Å². The molecule has 0 saturated carbocycles. The van der Waals surface area contributed by atoms with E-state index in [2.05, 4.69) is 10.6 Å². The molecule has 0 unspecified atom stereocenters. The van der Waals surface area contributed by atoms with E-state index < -0.39 is 0 Å². The molecule has 2 rings (SSSR count). The standard InChI is InChI=1S/C16H15ClN2O2/c1-11(20)14-7-2-3-8-15(14)18-10-16(21)19-13-6-4-5-12(17)9-13/h2-9,18H,10H2,1H3,(H,19,21). The van der Waals surface area contributed by atoms with Gasteiger partial charge in [0.25, 0.3) is 0 Å². The monoisotopic (exact) mass is 302 g/mol. The van der Waals surface area contributed by atoms with E-state index in [1.54, 1.807) is 42.5 Å². The van der Waals surface area contributed by atoms with Crippen molar-refractivity contribution < 1.29 is 9.59 Å². The lowest BCUT2D eigenvalue weighted by molar-refractivity contribution is -0.114. The van der Waals surface area contributed by atoms with Gasteiger partial charge in [-0.15, -0.1) is 0 Å². The van der Waals surface area contributed by atoms with Crippen LogP contribution in [-0.2, 0) is 4.79 Å². The van der Waals surface area contributed by atoms with Crippen LogP contribution in [0.2, 0.25) is 5.02 Å². The van der Waals surface area contributed by atoms with Crippen molar-refractivity contribution in [3.8, 4) is 0 Å². The number of hydrogen-bond donors (Lipinski definition) is 2. The van der Waals surface area contributed by atoms with Crippen LogP contribution < -0.4 is 10.6 Å². The second-order valence-electron chi connectivity index (χ2n) is 4.51. The number of amides is 1. The lowest BCUT2D eigenvalue weighted by atomic mass is 10.1. The molecule has 0 fully saturated rings. The maximum absolute atomic E-state index is 11.9. The van der Waals surface area contributed by atoms with E-state index in [0.29, 0.717) is 22.0 Å². The highest BCUT2D eigenvalue weighted by Crippen LogP contribution is 2.16. The quantitative estimate of drug-likeness (QED) is 0.830. The summed E-state index contributed by atoms with van der Waals surface area (Å²) in [7, 11) is 0. The van der Waals surface area contributed by atoms with Crippen LogP contribution in [0.4, 0.5) is 11.4 Å². The van der Waals surface area contributed by atoms with Crippen LogP contribution in [0.5, 0.6) is 0 Å². The predicted molar refractivity (Wildman–Crippen MR) is 85.0 cm³/mol. The first-order valence-electron chi connectivity index (χ1n) is 6.45. The molecule has 0 atom stereocenters. The highest BCUT2D eigenvalue weighted by Gasteiger charge is 2.08. The fourth-order valence-corrected chi connectivity index (χ4v) is 2.08. The van der Waals surface area contributed by atoms with E-state index in [1.165, 1.54) is 6.92 Å². The second kappa shape index (κ2) is 6.90. The largest absolute Gasteiger partial charge is 0.376 e. The topological polar surface area (TPSA) is 58.2 Å². The fourth-order valence-electron chi connectivity index (χ4n) is 1.89. The third-order valence-electron chi connectivity index (χ3n) is 2.85. The number of benzene rings is 2. The van der Waals surface area contributed by atoms with E-state index in [4.69, 9.17) is 11.6 Å². The Morgan fingerprint density at radius 3 is 2.57 bits per heavy atom. The molecule has 0 spiro atoms. The average Bonchev–Trinajstić information content (AvgIpc) is 2.45. The number of halogens is 1. The van der Waals surface area contributed by atoms with Gasteiger partial charge in [-0.25, -0.2) is 0 Å². The molecule has 0 aliphatic rings. The summed E-state index contributed by atoms with van der Waals surface area (Å²) in [4.78, 5) is 23.4. The van der Waals surface area contributed by atoms with Crippen LogP contribution in [0.3, 0.4) is 0 Å². The van der Waals surface area contributed by atoms with Crippen molar-refractivity contribution in [2.45, 2.75) is 6.92 Å². The molecule has 108 valence electrons. The molecule has 0 aliphatic heterocycles. The van der Waals surface area contributed by atoms with Gasteiger partial charge in [0.1, 0.15) is 0 Å². The minimum absolute atomic E-state index is 0.0478. The highest BCUT2D eigenvalue weighted by molar-refractivity contribution is 6.30. The van der Waals surface area contributed by atoms with Crippen LogP contribution in [0.15, 0.2) is 48.5 Å². The number of para-hydroxylation sites is 1. The van der Waals surface area contributed by atoms with Crippen molar-refractivity contribution in [2.75, 3.05) is 17.2 Å². The van der Waals surface area contributed by atoms with Gasteiger partial charge in [0.15, 0.2) is 5.78 Å². The molecular formula is C16H15ClN2O2. The number of ketones is 1. The first-order chi connectivity index (χ1) is 10.1. The SMILES string of the molecule is CC(=O)c1ccccc1NCC(=O)Nc1cccc(Cl)c1. The van der Waals surface area contributed by atoms with Crippen LogP contribution in [0.1, 0.15) is 17.3 Å². The molecule has 0 saturated heterocycles. The Balaban J connectivity index is 1.97. The molecule has 0 bridgehead atoms. The molecule has 0 aromatic heterocycles. The van der Waals surface area contributed by atoms with Gasteiger partial charge in [-0.2, -0.15) is 0 Å². The van der Waals surface area contributed by atoms with Gasteiger partial charge in [0.2, 0.25) is 5.91 Å². The Hall–Kier alpha value is -2.33. The van der Waals surface area contributed by atoms with Gasteiger partial charge >= 0.3 is 0 Å². The summed E-state index contributed by atoms with van der Waals surface area (Å²) < 4.78 is 0. The molecule has 21 heavy (non-hydrogen) atoms. The number of carbonyl (C=O) groups is 2. The van der Waals surface area contributed by atoms with Gasteiger partial charge in [-0.3, -0.25) is 9.59 Å². The van der Waals surface area contributed by atoms with Crippen molar-refractivity contribution in [1.82, 2.24) is 0 Å². The summed E-state index contributed by atoms with van der Waals surface area (Å²) in [6.45, 7) is 1.56. The second-order valence-corrected chi connectivity index (χ2v) is 4.95. The van der Waals surface area contributed by atoms with Crippen LogP contribution in [0.25, 0.3) is 0 Å². The molecule has 2 aromatic carbocycles. The van der Waals surface area contributed by atoms with Crippen molar-refractivity contribution in [3.05, 3.63) is 59.1 Å². The van der Waals surface area contributed by atoms with Crippen molar-refractivity contribution >= 4 is 34.7 Å². The van der Waals surface area contributed by atoms with Crippen molar-refractivity contribution in [2.24, 2.45) is 0 Å². The average molecular weight is 303 g/mol. The summed E-state index contributed by atoms with van der Waals surface area (Å²) in [6.07, 6.45) is 0. The minimum Gasteiger partial charge on any atom is -0.376 e. The molecule has 4 nitrogen and oxygen atoms in total. The zero-order chi connectivity index (χ0) is 15.2. The first-order valence-corrected chi connectivity index (χ1v) is 6.83. The first kappa shape index (κ1) is 15.1. The lowest BCUT2D eigenvalue weighted by Gasteiger charge is -2.10. The number of rotatable bonds is 5. The Bertz CT molecular complexity index is 671. The number of hydrogen-bond acceptors (Lipinski definition) is 3. The Morgan fingerprint density at radius 2 is 1.86 bits per heavy atom. The van der Waals surface area contributed by atoms with E-state index >= 15 is 0 Å². The van der Waals surface area contributed by atoms with E-state index in [0.717, 1.165) is 0 Å². The van der Waals surface area contributed by atoms with Crippen LogP contribution in [-0.4, -0.2) is 18.2 Å². The maximum Gasteiger partial charge on any atom is 0.243 e. The Kier molecular flexibility index (Phi) is 4.95. The van der Waals surface area contributed by atoms with Gasteiger partial charge in [0, 0.05) is 22.0 Å². The van der Waals surface area contributed by atoms with Crippen LogP contribution in [0, 0.1) is 0 Å². The van der Waals surface area contributed by atoms with E-state index in [9.17, 15) is 9.59 Å². The molecule has 1 amide bonds. The van der Waals surface area contributed by atoms with Crippen molar-refractivity contribution in [3.63, 3.8) is 0 Å². The summed E-state index contributed by atoms with van der Waals surface area (Å²) in [5, 5.41) is 6.25. The molecule has 2 aromatic rings. The summed E-state index contributed by atoms with van der Waals surface area (Å²) in [5.74, 6) is -0.260. The van der Waals surface area contributed by atoms with Crippen LogP contribution >= 0.6 is 11.6 Å². The van der Waals surface area contributed by atoms with E-state index in [1.807, 2.05) is 6.07 Å². The summed E-state index contributed by atoms with van der Waals surface area (Å²) in [5.41, 5.74) is 1.84. The normalized spacial score (nSPS) is 10.0. The minimum atomic E-state index is -0.212. The number of carbonyl (C=O) groups excluding carboxylic acids is 2. The Morgan fingerprint density at radius 1 is 1.10 bits per heavy atom. The highest BCUT2D eigenvalue weighted by atomic mass is 35.5. The zero-order valence-electron chi connectivity index (χ0n) is 11.5. The number of anilines is 2. The third kappa shape index (κ3) is 4.33. The molecular weight excluding hydrogens is 288 g/mol. The predicted octanol–water partition coefficient (Wildman–Crippen LogP) is 3.59. The smallest absolute Gasteiger partial charge is 0.243 e. The summed E-state index contributed by atoms with van der Waals surface area (Å²) in [6, 6.07) is 14.0. The number of nitrogens with one attached hydrogen (secondary N) is 2. The maximum atomic E-state index is 11.9. The zero-order valence-corrected chi connectivity index (χ0v) is 12.3. The Labute approximate surface area is 128 Å². The van der Waals surface area contributed by atoms with Crippen molar-refractivity contribution in [1.29, 1.82) is 0 Å². The van der Waals surface area contributed by atoms with E-state index in [-0.39, 0.29) is 18.2 Å². The van der Waals surface area contributed by atoms with Gasteiger partial charge in [-0.05, 0) is 37.3 Å². The lowest BCUT2D eigenvalue weighted by Crippen LogP contribution is -2.22. The van der Waals surface area contributed by atoms with Gasteiger partial charge < -0.3 is 10.6 Å². The number of Topliss-reactive ketones (excluding diaryl/α,β-unsaturated/α-hetero) is 1. The third-order valence-corrected chi connectivity index (χ3v) is 3.09. The van der Waals surface area contributed by atoms with Gasteiger partial charge in [0.05, 0.1) is 6.54 Å². The fraction of sp³-hybridized carbons (Fsp3) is 0.125. The molecule has 0 aliphatic carbocycles. The summed E-state index contributed by atoms with van der Waals surface area (Å²) >= 11 is 5.85. The molecule has 0 radical (unpaired) electrons. The molecule has 0 heterocycles. The molecule has 2 N–H and O–H groups in total.